The summed E-state index contributed by atoms with van der Waals surface area (Å²) in [6.07, 6.45) is 1.24. The van der Waals surface area contributed by atoms with Crippen molar-refractivity contribution in [2.24, 2.45) is 0 Å². The van der Waals surface area contributed by atoms with Crippen molar-refractivity contribution in [2.75, 3.05) is 26.3 Å². The molecular weight excluding hydrogens is 338 g/mol. The molecule has 0 unspecified atom stereocenters. The van der Waals surface area contributed by atoms with E-state index in [9.17, 15) is 4.79 Å². The zero-order valence-electron chi connectivity index (χ0n) is 11.2. The maximum absolute atomic E-state index is 11.9. The van der Waals surface area contributed by atoms with Crippen molar-refractivity contribution in [3.8, 4) is 17.3 Å². The Balaban J connectivity index is 1.67. The monoisotopic (exact) mass is 351 g/mol. The second-order valence-corrected chi connectivity index (χ2v) is 5.49. The van der Waals surface area contributed by atoms with Gasteiger partial charge in [0.15, 0.2) is 0 Å². The minimum atomic E-state index is -0.407. The van der Waals surface area contributed by atoms with Crippen molar-refractivity contribution in [3.63, 3.8) is 0 Å². The Morgan fingerprint density at radius 1 is 1.29 bits per heavy atom. The van der Waals surface area contributed by atoms with E-state index in [0.717, 1.165) is 15.7 Å². The Kier molecular flexibility index (Phi) is 4.21. The fourth-order valence-corrected chi connectivity index (χ4v) is 2.29. The van der Waals surface area contributed by atoms with Crippen LogP contribution in [-0.4, -0.2) is 47.3 Å². The molecule has 2 heterocycles. The van der Waals surface area contributed by atoms with Gasteiger partial charge in [-0.3, -0.25) is 0 Å². The molecule has 1 fully saturated rings. The molecule has 1 amide bonds. The molecule has 2 aromatic rings. The summed E-state index contributed by atoms with van der Waals surface area (Å²) in [6, 6.07) is 7.98. The molecule has 1 N–H and O–H groups in total. The van der Waals surface area contributed by atoms with E-state index in [1.165, 1.54) is 0 Å². The standard InChI is InChI=1S/C14H14BrN3O3/c15-11-3-1-10(2-4-11)12-9-16-13(17-12)21-14(19)18-5-7-20-8-6-18/h1-4,9H,5-8H2,(H,16,17). The number of carbonyl (C=O) groups is 1. The topological polar surface area (TPSA) is 67.5 Å². The van der Waals surface area contributed by atoms with Crippen molar-refractivity contribution >= 4 is 22.0 Å². The molecule has 1 aromatic heterocycles. The number of morpholine rings is 1. The van der Waals surface area contributed by atoms with Gasteiger partial charge in [-0.25, -0.2) is 9.78 Å². The van der Waals surface area contributed by atoms with E-state index in [-0.39, 0.29) is 6.01 Å². The Hall–Kier alpha value is -1.86. The number of H-pyrrole nitrogens is 1. The fraction of sp³-hybridized carbons (Fsp3) is 0.286. The number of aromatic nitrogens is 2. The average Bonchev–Trinajstić information content (AvgIpc) is 2.97. The van der Waals surface area contributed by atoms with Crippen LogP contribution in [0.15, 0.2) is 34.9 Å². The molecule has 1 aliphatic rings. The highest BCUT2D eigenvalue weighted by Gasteiger charge is 2.19. The van der Waals surface area contributed by atoms with Crippen LogP contribution in [-0.2, 0) is 4.74 Å². The number of benzene rings is 1. The SMILES string of the molecule is O=C(Oc1ncc(-c2ccc(Br)cc2)[nH]1)N1CCOCC1. The second-order valence-electron chi connectivity index (χ2n) is 4.58. The lowest BCUT2D eigenvalue weighted by atomic mass is 10.2. The summed E-state index contributed by atoms with van der Waals surface area (Å²) in [4.78, 5) is 20.6. The van der Waals surface area contributed by atoms with Crippen molar-refractivity contribution in [2.45, 2.75) is 0 Å². The van der Waals surface area contributed by atoms with Gasteiger partial charge in [0.25, 0.3) is 0 Å². The normalized spacial score (nSPS) is 15.0. The van der Waals surface area contributed by atoms with E-state index in [2.05, 4.69) is 25.9 Å². The van der Waals surface area contributed by atoms with Gasteiger partial charge < -0.3 is 19.4 Å². The molecule has 0 spiro atoms. The smallest absolute Gasteiger partial charge is 0.378 e. The van der Waals surface area contributed by atoms with Crippen LogP contribution in [0.5, 0.6) is 6.01 Å². The number of hydrogen-bond acceptors (Lipinski definition) is 4. The Morgan fingerprint density at radius 3 is 2.71 bits per heavy atom. The molecule has 6 nitrogen and oxygen atoms in total. The van der Waals surface area contributed by atoms with Crippen LogP contribution in [0.4, 0.5) is 4.79 Å². The number of imidazole rings is 1. The molecule has 0 bridgehead atoms. The molecular formula is C14H14BrN3O3. The lowest BCUT2D eigenvalue weighted by molar-refractivity contribution is 0.0408. The van der Waals surface area contributed by atoms with Crippen molar-refractivity contribution in [1.82, 2.24) is 14.9 Å². The van der Waals surface area contributed by atoms with E-state index >= 15 is 0 Å². The number of nitrogens with one attached hydrogen (secondary N) is 1. The van der Waals surface area contributed by atoms with E-state index in [1.807, 2.05) is 24.3 Å². The zero-order valence-corrected chi connectivity index (χ0v) is 12.8. The summed E-state index contributed by atoms with van der Waals surface area (Å²) in [5, 5.41) is 0. The number of amides is 1. The highest BCUT2D eigenvalue weighted by Crippen LogP contribution is 2.21. The third-order valence-corrected chi connectivity index (χ3v) is 3.69. The third-order valence-electron chi connectivity index (χ3n) is 3.16. The lowest BCUT2D eigenvalue weighted by Crippen LogP contribution is -2.42. The largest absolute Gasteiger partial charge is 0.417 e. The molecule has 0 atom stereocenters. The van der Waals surface area contributed by atoms with Crippen LogP contribution in [0, 0.1) is 0 Å². The third kappa shape index (κ3) is 3.43. The number of carbonyl (C=O) groups excluding carboxylic acids is 1. The molecule has 1 aliphatic heterocycles. The van der Waals surface area contributed by atoms with E-state index in [4.69, 9.17) is 9.47 Å². The maximum Gasteiger partial charge on any atom is 0.417 e. The van der Waals surface area contributed by atoms with Gasteiger partial charge in [-0.2, -0.15) is 0 Å². The van der Waals surface area contributed by atoms with Crippen molar-refractivity contribution in [3.05, 3.63) is 34.9 Å². The molecule has 1 saturated heterocycles. The second kappa shape index (κ2) is 6.28. The van der Waals surface area contributed by atoms with Crippen LogP contribution < -0.4 is 4.74 Å². The quantitative estimate of drug-likeness (QED) is 0.903. The summed E-state index contributed by atoms with van der Waals surface area (Å²) < 4.78 is 11.4. The number of rotatable bonds is 2. The van der Waals surface area contributed by atoms with Crippen LogP contribution in [0.2, 0.25) is 0 Å². The van der Waals surface area contributed by atoms with Gasteiger partial charge in [-0.1, -0.05) is 28.1 Å². The van der Waals surface area contributed by atoms with Gasteiger partial charge >= 0.3 is 12.1 Å². The summed E-state index contributed by atoms with van der Waals surface area (Å²) >= 11 is 3.39. The minimum Gasteiger partial charge on any atom is -0.378 e. The molecule has 0 radical (unpaired) electrons. The summed E-state index contributed by atoms with van der Waals surface area (Å²) in [7, 11) is 0. The maximum atomic E-state index is 11.9. The Bertz CT molecular complexity index is 621. The van der Waals surface area contributed by atoms with Crippen LogP contribution in [0.3, 0.4) is 0 Å². The van der Waals surface area contributed by atoms with Gasteiger partial charge in [0.05, 0.1) is 25.1 Å². The fourth-order valence-electron chi connectivity index (χ4n) is 2.02. The Morgan fingerprint density at radius 2 is 2.00 bits per heavy atom. The van der Waals surface area contributed by atoms with Crippen LogP contribution in [0.25, 0.3) is 11.3 Å². The van der Waals surface area contributed by atoms with Gasteiger partial charge in [-0.15, -0.1) is 0 Å². The predicted octanol–water partition coefficient (Wildman–Crippen LogP) is 2.67. The number of ether oxygens (including phenoxy) is 2. The number of aromatic amines is 1. The molecule has 0 aliphatic carbocycles. The van der Waals surface area contributed by atoms with Crippen LogP contribution >= 0.6 is 15.9 Å². The van der Waals surface area contributed by atoms with Crippen molar-refractivity contribution < 1.29 is 14.3 Å². The predicted molar refractivity (Wildman–Crippen MR) is 80.1 cm³/mol. The zero-order chi connectivity index (χ0) is 14.7. The lowest BCUT2D eigenvalue weighted by Gasteiger charge is -2.25. The van der Waals surface area contributed by atoms with Crippen LogP contribution in [0.1, 0.15) is 0 Å². The molecule has 3 rings (SSSR count). The number of halogens is 1. The van der Waals surface area contributed by atoms with Gasteiger partial charge in [0.2, 0.25) is 0 Å². The number of nitrogens with zero attached hydrogens (tertiary/aromatic N) is 2. The molecule has 1 aromatic carbocycles. The van der Waals surface area contributed by atoms with E-state index in [0.29, 0.717) is 26.3 Å². The van der Waals surface area contributed by atoms with Crippen molar-refractivity contribution in [1.29, 1.82) is 0 Å². The summed E-state index contributed by atoms with van der Waals surface area (Å²) in [5.41, 5.74) is 1.77. The molecule has 21 heavy (non-hydrogen) atoms. The number of hydrogen-bond donors (Lipinski definition) is 1. The minimum absolute atomic E-state index is 0.199. The van der Waals surface area contributed by atoms with Gasteiger partial charge in [0, 0.05) is 17.6 Å². The van der Waals surface area contributed by atoms with Gasteiger partial charge in [0.1, 0.15) is 0 Å². The first-order chi connectivity index (χ1) is 10.2. The average molecular weight is 352 g/mol. The first kappa shape index (κ1) is 14.1. The summed E-state index contributed by atoms with van der Waals surface area (Å²) in [6.45, 7) is 2.16. The molecule has 0 saturated carbocycles. The Labute approximate surface area is 130 Å². The highest BCUT2D eigenvalue weighted by molar-refractivity contribution is 9.10. The molecule has 7 heteroatoms. The van der Waals surface area contributed by atoms with E-state index < -0.39 is 6.09 Å². The van der Waals surface area contributed by atoms with Gasteiger partial charge in [-0.05, 0) is 17.7 Å². The van der Waals surface area contributed by atoms with E-state index in [1.54, 1.807) is 11.1 Å². The highest BCUT2D eigenvalue weighted by atomic mass is 79.9. The first-order valence-electron chi connectivity index (χ1n) is 6.58. The first-order valence-corrected chi connectivity index (χ1v) is 7.37. The summed E-state index contributed by atoms with van der Waals surface area (Å²) in [5.74, 6) is 0. The molecule has 110 valence electrons.